The van der Waals surface area contributed by atoms with E-state index in [9.17, 15) is 59.4 Å². The van der Waals surface area contributed by atoms with Crippen LogP contribution < -0.4 is 46.1 Å². The molecule has 3 aromatic heterocycles. The molecule has 0 aliphatic carbocycles. The van der Waals surface area contributed by atoms with Gasteiger partial charge in [0.1, 0.15) is 104 Å². The number of methoxy groups -OCH3 is 3. The summed E-state index contributed by atoms with van der Waals surface area (Å²) in [6.45, 7) is 12.2. The first kappa shape index (κ1) is 79.4. The molecule has 1 aliphatic rings. The van der Waals surface area contributed by atoms with E-state index < -0.39 is 35.8 Å². The molecular weight excluding hydrogens is 1420 g/mol. The smallest absolute Gasteiger partial charge is 0.270 e. The van der Waals surface area contributed by atoms with Crippen LogP contribution in [0.2, 0.25) is 15.1 Å². The molecule has 6 aromatic carbocycles. The number of hydrogen-bond acceptors (Lipinski definition) is 21. The molecule has 1 saturated heterocycles. The van der Waals surface area contributed by atoms with Crippen molar-refractivity contribution in [3.05, 3.63) is 141 Å². The second-order valence-corrected chi connectivity index (χ2v) is 25.2. The number of carbonyl (C=O) groups is 6. The minimum atomic E-state index is -0.820. The van der Waals surface area contributed by atoms with Gasteiger partial charge in [-0.1, -0.05) is 71.2 Å². The summed E-state index contributed by atoms with van der Waals surface area (Å²) >= 11 is 18.2. The van der Waals surface area contributed by atoms with E-state index in [1.165, 1.54) is 25.3 Å². The summed E-state index contributed by atoms with van der Waals surface area (Å²) in [6.07, 6.45) is 0. The highest BCUT2D eigenvalue weighted by molar-refractivity contribution is 6.33. The van der Waals surface area contributed by atoms with Crippen molar-refractivity contribution in [1.29, 1.82) is 0 Å². The number of morpholine rings is 1. The van der Waals surface area contributed by atoms with Crippen molar-refractivity contribution < 1.29 is 78.4 Å². The van der Waals surface area contributed by atoms with Gasteiger partial charge in [-0.3, -0.25) is 49.0 Å². The van der Waals surface area contributed by atoms with Crippen LogP contribution in [0.15, 0.2) is 109 Å². The van der Waals surface area contributed by atoms with Crippen LogP contribution in [0.4, 0.5) is 0 Å². The van der Waals surface area contributed by atoms with E-state index >= 15 is 0 Å². The molecule has 1 aliphatic heterocycles. The first-order valence-corrected chi connectivity index (χ1v) is 33.8. The fraction of sp³-hybridized carbons (Fsp3) is 0.292. The molecule has 1 fully saturated rings. The lowest BCUT2D eigenvalue weighted by molar-refractivity contribution is -0.123. The molecule has 0 radical (unpaired) electrons. The summed E-state index contributed by atoms with van der Waals surface area (Å²) < 4.78 is 21.0. The van der Waals surface area contributed by atoms with Crippen molar-refractivity contribution in [2.75, 3.05) is 94.5 Å². The van der Waals surface area contributed by atoms with Crippen LogP contribution in [-0.2, 0) is 19.1 Å². The third-order valence-electron chi connectivity index (χ3n) is 16.3. The van der Waals surface area contributed by atoms with Gasteiger partial charge in [-0.15, -0.1) is 0 Å². The molecule has 3 atom stereocenters. The molecule has 30 nitrogen and oxygen atoms in total. The number of benzene rings is 6. The minimum Gasteiger partial charge on any atom is -0.507 e. The molecule has 9 aromatic rings. The average molecular weight is 1500 g/mol. The number of H-pyrrole nitrogens is 3. The van der Waals surface area contributed by atoms with Crippen molar-refractivity contribution >= 4 is 70.2 Å². The second kappa shape index (κ2) is 36.7. The van der Waals surface area contributed by atoms with Crippen LogP contribution in [0.3, 0.4) is 0 Å². The van der Waals surface area contributed by atoms with Crippen molar-refractivity contribution in [2.24, 2.45) is 0 Å². The summed E-state index contributed by atoms with van der Waals surface area (Å²) in [4.78, 5) is 80.7. The van der Waals surface area contributed by atoms with Crippen molar-refractivity contribution in [1.82, 2.24) is 72.3 Å². The van der Waals surface area contributed by atoms with Gasteiger partial charge in [0.15, 0.2) is 0 Å². The standard InChI is InChI=1S/C26H30ClN5O6.C24H28ClN5O5.C22H23ClN4O5/c1-15(25(35)28-7-8-32-9-11-38-12-10-32)29-26(36)24-22(16-3-5-17(37-2)6-4-16)23(30-31-24)18-13-19(27)21(34)14-20(18)33;1-13(23(33)26-9-10-30(2)3)27-24(34)22-20(14-5-7-15(35-4)8-6-14)21(28-29-22)16-11-17(25)19(32)12-18(16)31;1-4-24-21(30)11(2)25-22(31)20-18(12-5-7-13(32-3)8-6-12)19(26-27-20)14-9-15(23)17(29)10-16(14)28/h3-6,13-15,33-34H,7-12H2,1-2H3,(H,28,35)(H,29,36)(H,30,31);5-8,11-13,31-32H,9-10H2,1-4H3,(H,26,33)(H,27,34)(H,28,29);5-11,28-29H,4H2,1-3H3,(H,24,30)(H,25,31)(H,26,27)/t;;11-/m..1/s1. The maximum absolute atomic E-state index is 13.3. The predicted octanol–water partition coefficient (Wildman–Crippen LogP) is 8.07. The molecule has 105 heavy (non-hydrogen) atoms. The Balaban J connectivity index is 0.000000200. The van der Waals surface area contributed by atoms with E-state index in [0.717, 1.165) is 31.3 Å². The van der Waals surface area contributed by atoms with E-state index in [-0.39, 0.29) is 118 Å². The van der Waals surface area contributed by atoms with Crippen LogP contribution >= 0.6 is 34.8 Å². The minimum absolute atomic E-state index is 0.00912. The Morgan fingerprint density at radius 3 is 1.09 bits per heavy atom. The second-order valence-electron chi connectivity index (χ2n) is 23.9. The highest BCUT2D eigenvalue weighted by Gasteiger charge is 2.31. The number of phenols is 6. The molecular formula is C72H81Cl3N14O16. The fourth-order valence-corrected chi connectivity index (χ4v) is 11.1. The maximum Gasteiger partial charge on any atom is 0.270 e. The van der Waals surface area contributed by atoms with Crippen molar-refractivity contribution in [3.63, 3.8) is 0 Å². The number of likely N-dealkylation sites (N-methyl/N-ethyl adjacent to an activating group) is 2. The molecule has 0 bridgehead atoms. The summed E-state index contributed by atoms with van der Waals surface area (Å²) in [5, 5.41) is 98.0. The van der Waals surface area contributed by atoms with Gasteiger partial charge in [0.2, 0.25) is 17.7 Å². The Hall–Kier alpha value is -11.3. The quantitative estimate of drug-likeness (QED) is 0.0257. The lowest BCUT2D eigenvalue weighted by atomic mass is 9.97. The van der Waals surface area contributed by atoms with Crippen molar-refractivity contribution in [2.45, 2.75) is 45.8 Å². The fourth-order valence-electron chi connectivity index (χ4n) is 10.6. The van der Waals surface area contributed by atoms with Crippen LogP contribution in [0, 0.1) is 0 Å². The van der Waals surface area contributed by atoms with Gasteiger partial charge < -0.3 is 86.4 Å². The van der Waals surface area contributed by atoms with E-state index in [1.807, 2.05) is 19.0 Å². The van der Waals surface area contributed by atoms with E-state index in [2.05, 4.69) is 67.4 Å². The normalized spacial score (nSPS) is 12.8. The van der Waals surface area contributed by atoms with Gasteiger partial charge in [0, 0.05) is 97.4 Å². The zero-order chi connectivity index (χ0) is 76.3. The molecule has 15 N–H and O–H groups in total. The van der Waals surface area contributed by atoms with Gasteiger partial charge >= 0.3 is 0 Å². The lowest BCUT2D eigenvalue weighted by Gasteiger charge is -2.26. The molecule has 4 heterocycles. The molecule has 556 valence electrons. The average Bonchev–Trinajstić information content (AvgIpc) is 1.68. The monoisotopic (exact) mass is 1500 g/mol. The Morgan fingerprint density at radius 1 is 0.486 bits per heavy atom. The number of aromatic nitrogens is 6. The summed E-state index contributed by atoms with van der Waals surface area (Å²) in [5.74, 6) is -2.48. The number of hydrogen-bond donors (Lipinski definition) is 15. The SMILES string of the molecule is CCNC(=O)[C@@H](C)NC(=O)c1[nH]nc(-c2cc(Cl)c(O)cc2O)c1-c1ccc(OC)cc1.COc1ccc(-c2c(-c3cc(Cl)c(O)cc3O)n[nH]c2C(=O)NC(C)C(=O)NCCN(C)C)cc1.COc1ccc(-c2c(-c3cc(Cl)c(O)cc3O)n[nH]c2C(=O)NC(C)C(=O)NCCN2CCOCC2)cc1. The zero-order valence-electron chi connectivity index (χ0n) is 58.6. The molecule has 0 spiro atoms. The number of phenolic OH excluding ortho intramolecular Hbond substituents is 6. The molecule has 33 heteroatoms. The van der Waals surface area contributed by atoms with E-state index in [1.54, 1.807) is 115 Å². The number of nitrogens with zero attached hydrogens (tertiary/aromatic N) is 5. The van der Waals surface area contributed by atoms with Crippen LogP contribution in [0.1, 0.15) is 59.2 Å². The van der Waals surface area contributed by atoms with Crippen molar-refractivity contribution in [3.8, 4) is 119 Å². The number of aromatic hydroxyl groups is 6. The molecule has 10 rings (SSSR count). The highest BCUT2D eigenvalue weighted by atomic mass is 35.5. The topological polar surface area (TPSA) is 425 Å². The number of carbonyl (C=O) groups excluding carboxylic acids is 6. The lowest BCUT2D eigenvalue weighted by Crippen LogP contribution is -2.47. The molecule has 6 amide bonds. The van der Waals surface area contributed by atoms with Gasteiger partial charge in [-0.05, 0) is 113 Å². The van der Waals surface area contributed by atoms with E-state index in [0.29, 0.717) is 96.6 Å². The number of halogens is 3. The largest absolute Gasteiger partial charge is 0.507 e. The van der Waals surface area contributed by atoms with Gasteiger partial charge in [0.25, 0.3) is 17.7 Å². The number of aromatic amines is 3. The molecule has 2 unspecified atom stereocenters. The van der Waals surface area contributed by atoms with Crippen LogP contribution in [0.25, 0.3) is 67.2 Å². The number of rotatable bonds is 25. The Labute approximate surface area is 618 Å². The Morgan fingerprint density at radius 2 is 0.790 bits per heavy atom. The number of nitrogens with one attached hydrogen (secondary N) is 9. The summed E-state index contributed by atoms with van der Waals surface area (Å²) in [7, 11) is 8.41. The van der Waals surface area contributed by atoms with Gasteiger partial charge in [-0.2, -0.15) is 15.3 Å². The molecule has 0 saturated carbocycles. The van der Waals surface area contributed by atoms with Crippen LogP contribution in [-0.4, -0.2) is 219 Å². The first-order chi connectivity index (χ1) is 50.2. The zero-order valence-corrected chi connectivity index (χ0v) is 60.9. The third kappa shape index (κ3) is 20.1. The Bertz CT molecular complexity index is 4550. The van der Waals surface area contributed by atoms with Crippen LogP contribution in [0.5, 0.6) is 51.7 Å². The third-order valence-corrected chi connectivity index (χ3v) is 17.2. The van der Waals surface area contributed by atoms with Gasteiger partial charge in [0.05, 0.1) is 49.6 Å². The highest BCUT2D eigenvalue weighted by Crippen LogP contribution is 2.45. The number of amides is 6. The Kier molecular flexibility index (Phi) is 27.8. The maximum atomic E-state index is 13.3. The first-order valence-electron chi connectivity index (χ1n) is 32.7. The summed E-state index contributed by atoms with van der Waals surface area (Å²) in [5.41, 5.74) is 4.56. The predicted molar refractivity (Wildman–Crippen MR) is 394 cm³/mol. The van der Waals surface area contributed by atoms with Gasteiger partial charge in [-0.25, -0.2) is 0 Å². The van der Waals surface area contributed by atoms with E-state index in [4.69, 9.17) is 53.8 Å². The summed E-state index contributed by atoms with van der Waals surface area (Å²) in [6, 6.07) is 25.7. The number of ether oxygens (including phenoxy) is 4.